The lowest BCUT2D eigenvalue weighted by Crippen LogP contribution is -2.28. The standard InChI is InChI=1S/C20H22N4O/c1-15-10-16(2)12-19(11-15)23-20(25)21-13-17-6-3-4-7-18(17)14-24-9-5-8-22-24/h3-12H,13-14H2,1-2H3,(H2,21,23,25). The molecule has 1 heterocycles. The molecule has 0 bridgehead atoms. The maximum atomic E-state index is 12.2. The number of rotatable bonds is 5. The number of aryl methyl sites for hydroxylation is 2. The Morgan fingerprint density at radius 3 is 2.44 bits per heavy atom. The summed E-state index contributed by atoms with van der Waals surface area (Å²) in [5, 5.41) is 10.1. The third-order valence-electron chi connectivity index (χ3n) is 3.93. The second kappa shape index (κ2) is 7.66. The van der Waals surface area contributed by atoms with Crippen molar-refractivity contribution in [2.45, 2.75) is 26.9 Å². The largest absolute Gasteiger partial charge is 0.334 e. The normalized spacial score (nSPS) is 10.5. The molecule has 0 aliphatic rings. The van der Waals surface area contributed by atoms with Crippen molar-refractivity contribution in [1.82, 2.24) is 15.1 Å². The van der Waals surface area contributed by atoms with E-state index in [1.54, 1.807) is 6.20 Å². The summed E-state index contributed by atoms with van der Waals surface area (Å²) in [6.45, 7) is 5.18. The Hall–Kier alpha value is -3.08. The van der Waals surface area contributed by atoms with Crippen LogP contribution in [-0.4, -0.2) is 15.8 Å². The van der Waals surface area contributed by atoms with E-state index < -0.39 is 0 Å². The molecule has 5 heteroatoms. The molecule has 0 saturated heterocycles. The molecule has 3 rings (SSSR count). The van der Waals surface area contributed by atoms with E-state index in [1.807, 2.05) is 61.1 Å². The Morgan fingerprint density at radius 1 is 1.04 bits per heavy atom. The van der Waals surface area contributed by atoms with E-state index in [1.165, 1.54) is 0 Å². The second-order valence-corrected chi connectivity index (χ2v) is 6.16. The maximum Gasteiger partial charge on any atom is 0.319 e. The molecule has 0 aliphatic carbocycles. The van der Waals surface area contributed by atoms with Gasteiger partial charge in [0.2, 0.25) is 0 Å². The maximum absolute atomic E-state index is 12.2. The quantitative estimate of drug-likeness (QED) is 0.744. The number of anilines is 1. The van der Waals surface area contributed by atoms with Gasteiger partial charge in [-0.05, 0) is 54.3 Å². The topological polar surface area (TPSA) is 59.0 Å². The number of carbonyl (C=O) groups excluding carboxylic acids is 1. The van der Waals surface area contributed by atoms with Crippen molar-refractivity contribution in [3.63, 3.8) is 0 Å². The molecule has 0 spiro atoms. The fourth-order valence-corrected chi connectivity index (χ4v) is 2.85. The van der Waals surface area contributed by atoms with Gasteiger partial charge in [0.25, 0.3) is 0 Å². The van der Waals surface area contributed by atoms with Crippen LogP contribution in [-0.2, 0) is 13.1 Å². The van der Waals surface area contributed by atoms with Gasteiger partial charge < -0.3 is 10.6 Å². The highest BCUT2D eigenvalue weighted by Gasteiger charge is 2.06. The minimum atomic E-state index is -0.209. The summed E-state index contributed by atoms with van der Waals surface area (Å²) in [5.74, 6) is 0. The Bertz CT molecular complexity index is 836. The molecule has 2 amide bonds. The predicted octanol–water partition coefficient (Wildman–Crippen LogP) is 3.87. The van der Waals surface area contributed by atoms with Gasteiger partial charge in [0.15, 0.2) is 0 Å². The van der Waals surface area contributed by atoms with Crippen LogP contribution in [0.1, 0.15) is 22.3 Å². The SMILES string of the molecule is Cc1cc(C)cc(NC(=O)NCc2ccccc2Cn2cccn2)c1. The van der Waals surface area contributed by atoms with Crippen LogP contribution < -0.4 is 10.6 Å². The van der Waals surface area contributed by atoms with Crippen LogP contribution >= 0.6 is 0 Å². The van der Waals surface area contributed by atoms with Gasteiger partial charge in [-0.1, -0.05) is 30.3 Å². The number of hydrogen-bond donors (Lipinski definition) is 2. The van der Waals surface area contributed by atoms with Crippen molar-refractivity contribution in [2.24, 2.45) is 0 Å². The number of amides is 2. The molecular weight excluding hydrogens is 312 g/mol. The van der Waals surface area contributed by atoms with E-state index in [-0.39, 0.29) is 6.03 Å². The summed E-state index contributed by atoms with van der Waals surface area (Å²) in [6, 6.07) is 15.7. The molecule has 1 aromatic heterocycles. The van der Waals surface area contributed by atoms with Crippen LogP contribution in [0.3, 0.4) is 0 Å². The van der Waals surface area contributed by atoms with E-state index in [0.29, 0.717) is 13.1 Å². The van der Waals surface area contributed by atoms with E-state index in [0.717, 1.165) is 27.9 Å². The molecule has 25 heavy (non-hydrogen) atoms. The van der Waals surface area contributed by atoms with Crippen LogP contribution in [0, 0.1) is 13.8 Å². The number of benzene rings is 2. The lowest BCUT2D eigenvalue weighted by molar-refractivity contribution is 0.251. The van der Waals surface area contributed by atoms with Gasteiger partial charge in [-0.2, -0.15) is 5.10 Å². The molecule has 2 N–H and O–H groups in total. The van der Waals surface area contributed by atoms with E-state index in [2.05, 4.69) is 27.9 Å². The highest BCUT2D eigenvalue weighted by atomic mass is 16.2. The number of carbonyl (C=O) groups is 1. The van der Waals surface area contributed by atoms with Crippen LogP contribution in [0.2, 0.25) is 0 Å². The van der Waals surface area contributed by atoms with Gasteiger partial charge in [0.05, 0.1) is 6.54 Å². The Kier molecular flexibility index (Phi) is 5.14. The first-order chi connectivity index (χ1) is 12.1. The molecule has 2 aromatic carbocycles. The third kappa shape index (κ3) is 4.70. The molecule has 5 nitrogen and oxygen atoms in total. The summed E-state index contributed by atoms with van der Waals surface area (Å²) in [4.78, 5) is 12.2. The first-order valence-corrected chi connectivity index (χ1v) is 8.27. The van der Waals surface area contributed by atoms with Crippen molar-refractivity contribution in [3.05, 3.63) is 83.2 Å². The summed E-state index contributed by atoms with van der Waals surface area (Å²) in [7, 11) is 0. The van der Waals surface area contributed by atoms with Gasteiger partial charge >= 0.3 is 6.03 Å². The molecule has 0 aliphatic heterocycles. The molecule has 0 saturated carbocycles. The number of nitrogens with one attached hydrogen (secondary N) is 2. The summed E-state index contributed by atoms with van der Waals surface area (Å²) in [6.07, 6.45) is 3.69. The van der Waals surface area contributed by atoms with Crippen LogP contribution in [0.5, 0.6) is 0 Å². The smallest absolute Gasteiger partial charge is 0.319 e. The van der Waals surface area contributed by atoms with Crippen molar-refractivity contribution in [1.29, 1.82) is 0 Å². The zero-order valence-corrected chi connectivity index (χ0v) is 14.5. The molecule has 0 radical (unpaired) electrons. The number of urea groups is 1. The van der Waals surface area contributed by atoms with Gasteiger partial charge in [0.1, 0.15) is 0 Å². The Morgan fingerprint density at radius 2 is 1.76 bits per heavy atom. The molecule has 0 fully saturated rings. The van der Waals surface area contributed by atoms with E-state index in [9.17, 15) is 4.79 Å². The average Bonchev–Trinajstić information content (AvgIpc) is 3.06. The summed E-state index contributed by atoms with van der Waals surface area (Å²) in [5.41, 5.74) is 5.27. The molecular formula is C20H22N4O. The Labute approximate surface area is 147 Å². The highest BCUT2D eigenvalue weighted by Crippen LogP contribution is 2.14. The lowest BCUT2D eigenvalue weighted by Gasteiger charge is -2.12. The molecule has 0 atom stereocenters. The molecule has 3 aromatic rings. The monoisotopic (exact) mass is 334 g/mol. The minimum Gasteiger partial charge on any atom is -0.334 e. The van der Waals surface area contributed by atoms with Crippen molar-refractivity contribution >= 4 is 11.7 Å². The van der Waals surface area contributed by atoms with Gasteiger partial charge in [-0.3, -0.25) is 4.68 Å². The van der Waals surface area contributed by atoms with E-state index >= 15 is 0 Å². The first kappa shape index (κ1) is 16.8. The van der Waals surface area contributed by atoms with Crippen LogP contribution in [0.25, 0.3) is 0 Å². The number of hydrogen-bond acceptors (Lipinski definition) is 2. The van der Waals surface area contributed by atoms with Gasteiger partial charge in [0, 0.05) is 24.6 Å². The fraction of sp³-hybridized carbons (Fsp3) is 0.200. The average molecular weight is 334 g/mol. The molecule has 128 valence electrons. The van der Waals surface area contributed by atoms with Crippen molar-refractivity contribution in [3.8, 4) is 0 Å². The number of nitrogens with zero attached hydrogens (tertiary/aromatic N) is 2. The van der Waals surface area contributed by atoms with E-state index in [4.69, 9.17) is 0 Å². The van der Waals surface area contributed by atoms with Crippen molar-refractivity contribution in [2.75, 3.05) is 5.32 Å². The highest BCUT2D eigenvalue weighted by molar-refractivity contribution is 5.89. The van der Waals surface area contributed by atoms with Crippen molar-refractivity contribution < 1.29 is 4.79 Å². The van der Waals surface area contributed by atoms with Crippen LogP contribution in [0.15, 0.2) is 60.9 Å². The second-order valence-electron chi connectivity index (χ2n) is 6.16. The lowest BCUT2D eigenvalue weighted by atomic mass is 10.1. The van der Waals surface area contributed by atoms with Crippen LogP contribution in [0.4, 0.5) is 10.5 Å². The zero-order chi connectivity index (χ0) is 17.6. The number of aromatic nitrogens is 2. The fourth-order valence-electron chi connectivity index (χ4n) is 2.85. The summed E-state index contributed by atoms with van der Waals surface area (Å²) < 4.78 is 1.87. The zero-order valence-electron chi connectivity index (χ0n) is 14.5. The Balaban J connectivity index is 1.62. The summed E-state index contributed by atoms with van der Waals surface area (Å²) >= 11 is 0. The first-order valence-electron chi connectivity index (χ1n) is 8.27. The molecule has 0 unspecified atom stereocenters. The predicted molar refractivity (Wildman–Crippen MR) is 99.5 cm³/mol. The third-order valence-corrected chi connectivity index (χ3v) is 3.93. The minimum absolute atomic E-state index is 0.209. The van der Waals surface area contributed by atoms with Gasteiger partial charge in [-0.25, -0.2) is 4.79 Å². The van der Waals surface area contributed by atoms with Gasteiger partial charge in [-0.15, -0.1) is 0 Å².